The Bertz CT molecular complexity index is 322. The SMILES string of the molecule is CCCN(CC)c1nc(CC)c(C=O)s1. The number of anilines is 1. The van der Waals surface area contributed by atoms with Crippen molar-refractivity contribution in [2.45, 2.75) is 33.6 Å². The highest BCUT2D eigenvalue weighted by atomic mass is 32.1. The van der Waals surface area contributed by atoms with Crippen LogP contribution in [0.2, 0.25) is 0 Å². The second kappa shape index (κ2) is 5.85. The maximum absolute atomic E-state index is 10.8. The Labute approximate surface area is 95.1 Å². The highest BCUT2D eigenvalue weighted by Crippen LogP contribution is 2.25. The van der Waals surface area contributed by atoms with Gasteiger partial charge in [0.25, 0.3) is 0 Å². The van der Waals surface area contributed by atoms with Crippen molar-refractivity contribution in [3.8, 4) is 0 Å². The van der Waals surface area contributed by atoms with Crippen molar-refractivity contribution < 1.29 is 4.79 Å². The monoisotopic (exact) mass is 226 g/mol. The molecule has 0 aliphatic heterocycles. The quantitative estimate of drug-likeness (QED) is 0.699. The predicted octanol–water partition coefficient (Wildman–Crippen LogP) is 2.75. The normalized spacial score (nSPS) is 10.3. The van der Waals surface area contributed by atoms with E-state index >= 15 is 0 Å². The van der Waals surface area contributed by atoms with E-state index in [4.69, 9.17) is 0 Å². The third kappa shape index (κ3) is 2.78. The number of aldehydes is 1. The summed E-state index contributed by atoms with van der Waals surface area (Å²) in [5.74, 6) is 0. The molecular formula is C11H18N2OS. The lowest BCUT2D eigenvalue weighted by molar-refractivity contribution is 0.112. The lowest BCUT2D eigenvalue weighted by Crippen LogP contribution is -2.23. The Morgan fingerprint density at radius 3 is 2.53 bits per heavy atom. The smallest absolute Gasteiger partial charge is 0.186 e. The molecule has 0 aliphatic rings. The highest BCUT2D eigenvalue weighted by molar-refractivity contribution is 7.17. The van der Waals surface area contributed by atoms with Crippen molar-refractivity contribution in [2.24, 2.45) is 0 Å². The van der Waals surface area contributed by atoms with E-state index in [0.29, 0.717) is 0 Å². The molecule has 0 atom stereocenters. The van der Waals surface area contributed by atoms with Crippen molar-refractivity contribution >= 4 is 22.8 Å². The summed E-state index contributed by atoms with van der Waals surface area (Å²) in [6.07, 6.45) is 2.85. The second-order valence-electron chi connectivity index (χ2n) is 3.36. The molecule has 3 nitrogen and oxygen atoms in total. The number of aryl methyl sites for hydroxylation is 1. The first kappa shape index (κ1) is 12.2. The Morgan fingerprint density at radius 2 is 2.13 bits per heavy atom. The summed E-state index contributed by atoms with van der Waals surface area (Å²) in [7, 11) is 0. The van der Waals surface area contributed by atoms with Gasteiger partial charge in [-0.2, -0.15) is 0 Å². The molecule has 15 heavy (non-hydrogen) atoms. The summed E-state index contributed by atoms with van der Waals surface area (Å²) < 4.78 is 0. The molecule has 0 aliphatic carbocycles. The van der Waals surface area contributed by atoms with Crippen LogP contribution in [-0.4, -0.2) is 24.4 Å². The molecule has 0 saturated carbocycles. The molecule has 1 aromatic heterocycles. The van der Waals surface area contributed by atoms with E-state index in [1.165, 1.54) is 11.3 Å². The fraction of sp³-hybridized carbons (Fsp3) is 0.636. The minimum atomic E-state index is 0.780. The number of carbonyl (C=O) groups is 1. The molecule has 84 valence electrons. The minimum Gasteiger partial charge on any atom is -0.348 e. The summed E-state index contributed by atoms with van der Waals surface area (Å²) in [6, 6.07) is 0. The van der Waals surface area contributed by atoms with E-state index in [9.17, 15) is 4.79 Å². The van der Waals surface area contributed by atoms with Gasteiger partial charge in [-0.25, -0.2) is 4.98 Å². The van der Waals surface area contributed by atoms with E-state index < -0.39 is 0 Å². The Morgan fingerprint density at radius 1 is 1.40 bits per heavy atom. The molecule has 4 heteroatoms. The van der Waals surface area contributed by atoms with Crippen LogP contribution in [0, 0.1) is 0 Å². The van der Waals surface area contributed by atoms with Crippen LogP contribution in [-0.2, 0) is 6.42 Å². The van der Waals surface area contributed by atoms with Crippen LogP contribution in [0.1, 0.15) is 42.6 Å². The van der Waals surface area contributed by atoms with E-state index in [1.54, 1.807) is 0 Å². The fourth-order valence-electron chi connectivity index (χ4n) is 1.49. The summed E-state index contributed by atoms with van der Waals surface area (Å²) in [5, 5.41) is 0.985. The largest absolute Gasteiger partial charge is 0.348 e. The van der Waals surface area contributed by atoms with Gasteiger partial charge < -0.3 is 4.90 Å². The van der Waals surface area contributed by atoms with Crippen molar-refractivity contribution in [2.75, 3.05) is 18.0 Å². The van der Waals surface area contributed by atoms with Gasteiger partial charge in [0, 0.05) is 13.1 Å². The number of aromatic nitrogens is 1. The fourth-order valence-corrected chi connectivity index (χ4v) is 2.55. The first-order valence-electron chi connectivity index (χ1n) is 5.46. The number of nitrogens with zero attached hydrogens (tertiary/aromatic N) is 2. The molecule has 1 aromatic rings. The maximum atomic E-state index is 10.8. The minimum absolute atomic E-state index is 0.780. The number of rotatable bonds is 6. The van der Waals surface area contributed by atoms with Crippen LogP contribution in [0.3, 0.4) is 0 Å². The third-order valence-electron chi connectivity index (χ3n) is 2.30. The van der Waals surface area contributed by atoms with Gasteiger partial charge in [0.2, 0.25) is 0 Å². The topological polar surface area (TPSA) is 33.2 Å². The van der Waals surface area contributed by atoms with Gasteiger partial charge in [-0.3, -0.25) is 4.79 Å². The molecule has 0 unspecified atom stereocenters. The molecule has 1 heterocycles. The van der Waals surface area contributed by atoms with E-state index in [0.717, 1.165) is 47.9 Å². The van der Waals surface area contributed by atoms with Gasteiger partial charge in [-0.15, -0.1) is 0 Å². The molecule has 0 amide bonds. The summed E-state index contributed by atoms with van der Waals surface area (Å²) in [6.45, 7) is 8.25. The lowest BCUT2D eigenvalue weighted by atomic mass is 10.3. The second-order valence-corrected chi connectivity index (χ2v) is 4.37. The Hall–Kier alpha value is -0.900. The zero-order valence-corrected chi connectivity index (χ0v) is 10.4. The van der Waals surface area contributed by atoms with Gasteiger partial charge in [0.05, 0.1) is 10.6 Å². The van der Waals surface area contributed by atoms with Crippen LogP contribution < -0.4 is 4.90 Å². The first-order valence-corrected chi connectivity index (χ1v) is 6.28. The molecule has 0 fully saturated rings. The molecular weight excluding hydrogens is 208 g/mol. The van der Waals surface area contributed by atoms with Crippen molar-refractivity contribution in [3.63, 3.8) is 0 Å². The van der Waals surface area contributed by atoms with Gasteiger partial charge in [0.1, 0.15) is 0 Å². The zero-order valence-electron chi connectivity index (χ0n) is 9.62. The van der Waals surface area contributed by atoms with Crippen LogP contribution in [0.25, 0.3) is 0 Å². The van der Waals surface area contributed by atoms with Crippen LogP contribution in [0.5, 0.6) is 0 Å². The van der Waals surface area contributed by atoms with E-state index in [2.05, 4.69) is 23.7 Å². The third-order valence-corrected chi connectivity index (χ3v) is 3.39. The maximum Gasteiger partial charge on any atom is 0.186 e. The molecule has 0 N–H and O–H groups in total. The van der Waals surface area contributed by atoms with Gasteiger partial charge >= 0.3 is 0 Å². The van der Waals surface area contributed by atoms with E-state index in [-0.39, 0.29) is 0 Å². The molecule has 0 radical (unpaired) electrons. The van der Waals surface area contributed by atoms with Gasteiger partial charge in [0.15, 0.2) is 11.4 Å². The average Bonchev–Trinajstić information content (AvgIpc) is 2.68. The van der Waals surface area contributed by atoms with Gasteiger partial charge in [-0.05, 0) is 19.8 Å². The zero-order chi connectivity index (χ0) is 11.3. The van der Waals surface area contributed by atoms with Crippen LogP contribution in [0.15, 0.2) is 0 Å². The van der Waals surface area contributed by atoms with Crippen molar-refractivity contribution in [1.29, 1.82) is 0 Å². The Balaban J connectivity index is 2.92. The summed E-state index contributed by atoms with van der Waals surface area (Å²) in [5.41, 5.74) is 0.930. The first-order chi connectivity index (χ1) is 7.26. The summed E-state index contributed by atoms with van der Waals surface area (Å²) in [4.78, 5) is 18.3. The van der Waals surface area contributed by atoms with Crippen LogP contribution >= 0.6 is 11.3 Å². The highest BCUT2D eigenvalue weighted by Gasteiger charge is 2.12. The van der Waals surface area contributed by atoms with Crippen molar-refractivity contribution in [1.82, 2.24) is 4.98 Å². The predicted molar refractivity (Wildman–Crippen MR) is 65.1 cm³/mol. The molecule has 0 spiro atoms. The van der Waals surface area contributed by atoms with Crippen LogP contribution in [0.4, 0.5) is 5.13 Å². The molecule has 0 saturated heterocycles. The Kier molecular flexibility index (Phi) is 4.75. The average molecular weight is 226 g/mol. The standard InChI is InChI=1S/C11H18N2OS/c1-4-7-13(6-3)11-12-9(5-2)10(8-14)15-11/h8H,4-7H2,1-3H3. The number of thiazole rings is 1. The lowest BCUT2D eigenvalue weighted by Gasteiger charge is -2.18. The van der Waals surface area contributed by atoms with Gasteiger partial charge in [-0.1, -0.05) is 25.2 Å². The molecule has 0 bridgehead atoms. The number of hydrogen-bond acceptors (Lipinski definition) is 4. The summed E-state index contributed by atoms with van der Waals surface area (Å²) >= 11 is 1.50. The number of hydrogen-bond donors (Lipinski definition) is 0. The van der Waals surface area contributed by atoms with E-state index in [1.807, 2.05) is 6.92 Å². The number of carbonyl (C=O) groups excluding carboxylic acids is 1. The van der Waals surface area contributed by atoms with Crippen molar-refractivity contribution in [3.05, 3.63) is 10.6 Å². The molecule has 0 aromatic carbocycles. The molecule has 1 rings (SSSR count).